The SMILES string of the molecule is CC.CC.CC.Cc1ccc(Oc2ccc(Cc3ccc(Oc4ccc(C)cc4)cc3)cc2)cc1. The highest BCUT2D eigenvalue weighted by molar-refractivity contribution is 5.38. The van der Waals surface area contributed by atoms with Gasteiger partial charge in [-0.15, -0.1) is 0 Å². The number of rotatable bonds is 6. The lowest BCUT2D eigenvalue weighted by atomic mass is 10.0. The molecule has 0 N–H and O–H groups in total. The maximum Gasteiger partial charge on any atom is 0.127 e. The van der Waals surface area contributed by atoms with Crippen LogP contribution >= 0.6 is 0 Å². The molecular formula is C33H42O2. The summed E-state index contributed by atoms with van der Waals surface area (Å²) >= 11 is 0. The Morgan fingerprint density at radius 1 is 0.371 bits per heavy atom. The maximum atomic E-state index is 5.90. The molecule has 0 unspecified atom stereocenters. The normalized spacial score (nSPS) is 9.26. The average Bonchev–Trinajstić information content (AvgIpc) is 2.92. The van der Waals surface area contributed by atoms with Crippen LogP contribution in [-0.4, -0.2) is 0 Å². The van der Waals surface area contributed by atoms with Gasteiger partial charge in [-0.05, 0) is 79.9 Å². The third-order valence-corrected chi connectivity index (χ3v) is 4.77. The van der Waals surface area contributed by atoms with Gasteiger partial charge in [0.05, 0.1) is 0 Å². The van der Waals surface area contributed by atoms with E-state index in [9.17, 15) is 0 Å². The van der Waals surface area contributed by atoms with Gasteiger partial charge in [0.2, 0.25) is 0 Å². The highest BCUT2D eigenvalue weighted by atomic mass is 16.5. The van der Waals surface area contributed by atoms with Gasteiger partial charge in [0.25, 0.3) is 0 Å². The summed E-state index contributed by atoms with van der Waals surface area (Å²) in [6.07, 6.45) is 0.871. The van der Waals surface area contributed by atoms with Crippen LogP contribution in [0.5, 0.6) is 23.0 Å². The van der Waals surface area contributed by atoms with Crippen molar-refractivity contribution in [3.8, 4) is 23.0 Å². The van der Waals surface area contributed by atoms with Crippen LogP contribution in [0.4, 0.5) is 0 Å². The van der Waals surface area contributed by atoms with Gasteiger partial charge in [-0.3, -0.25) is 0 Å². The zero-order valence-corrected chi connectivity index (χ0v) is 22.8. The number of hydrogen-bond donors (Lipinski definition) is 0. The van der Waals surface area contributed by atoms with E-state index in [1.54, 1.807) is 0 Å². The second-order valence-corrected chi connectivity index (χ2v) is 7.29. The molecule has 35 heavy (non-hydrogen) atoms. The molecule has 0 bridgehead atoms. The topological polar surface area (TPSA) is 18.5 Å². The molecule has 0 fully saturated rings. The number of benzene rings is 4. The molecule has 0 spiro atoms. The lowest BCUT2D eigenvalue weighted by molar-refractivity contribution is 0.482. The molecule has 0 aromatic heterocycles. The van der Waals surface area contributed by atoms with Crippen molar-refractivity contribution < 1.29 is 9.47 Å². The van der Waals surface area contributed by atoms with Crippen LogP contribution in [0.25, 0.3) is 0 Å². The highest BCUT2D eigenvalue weighted by Gasteiger charge is 2.02. The van der Waals surface area contributed by atoms with Crippen molar-refractivity contribution in [2.24, 2.45) is 0 Å². The molecular weight excluding hydrogens is 428 g/mol. The molecule has 4 aromatic carbocycles. The Bertz CT molecular complexity index is 957. The lowest BCUT2D eigenvalue weighted by Gasteiger charge is -2.09. The number of ether oxygens (including phenoxy) is 2. The van der Waals surface area contributed by atoms with Crippen molar-refractivity contribution in [3.63, 3.8) is 0 Å². The van der Waals surface area contributed by atoms with Crippen LogP contribution in [0.1, 0.15) is 63.8 Å². The fourth-order valence-electron chi connectivity index (χ4n) is 3.07. The van der Waals surface area contributed by atoms with E-state index in [2.05, 4.69) is 62.4 Å². The standard InChI is InChI=1S/C27H24O2.3C2H6/c1-20-3-11-24(12-4-20)28-26-15-7-22(8-16-26)19-23-9-17-27(18-10-23)29-25-13-5-21(2)6-14-25;3*1-2/h3-18H,19H2,1-2H3;3*1-2H3. The Kier molecular flexibility index (Phi) is 14.3. The molecule has 0 saturated carbocycles. The van der Waals surface area contributed by atoms with Crippen LogP contribution in [0.15, 0.2) is 97.1 Å². The zero-order chi connectivity index (χ0) is 26.1. The molecule has 4 rings (SSSR count). The first-order valence-electron chi connectivity index (χ1n) is 12.8. The number of hydrogen-bond acceptors (Lipinski definition) is 2. The van der Waals surface area contributed by atoms with Gasteiger partial charge >= 0.3 is 0 Å². The van der Waals surface area contributed by atoms with Crippen molar-refractivity contribution in [1.82, 2.24) is 0 Å². The molecule has 2 nitrogen and oxygen atoms in total. The quantitative estimate of drug-likeness (QED) is 0.279. The van der Waals surface area contributed by atoms with E-state index < -0.39 is 0 Å². The summed E-state index contributed by atoms with van der Waals surface area (Å²) in [4.78, 5) is 0. The summed E-state index contributed by atoms with van der Waals surface area (Å²) in [5.41, 5.74) is 4.94. The van der Waals surface area contributed by atoms with E-state index >= 15 is 0 Å². The molecule has 0 atom stereocenters. The Morgan fingerprint density at radius 3 is 0.857 bits per heavy atom. The Balaban J connectivity index is 0.000000949. The third-order valence-electron chi connectivity index (χ3n) is 4.77. The van der Waals surface area contributed by atoms with Crippen molar-refractivity contribution in [3.05, 3.63) is 119 Å². The van der Waals surface area contributed by atoms with Gasteiger partial charge in [-0.2, -0.15) is 0 Å². The summed E-state index contributed by atoms with van der Waals surface area (Å²) in [5, 5.41) is 0. The van der Waals surface area contributed by atoms with Crippen LogP contribution in [0.2, 0.25) is 0 Å². The van der Waals surface area contributed by atoms with Gasteiger partial charge in [0.15, 0.2) is 0 Å². The second-order valence-electron chi connectivity index (χ2n) is 7.29. The van der Waals surface area contributed by atoms with Gasteiger partial charge in [-0.1, -0.05) is 101 Å². The molecule has 0 amide bonds. The molecule has 0 radical (unpaired) electrons. The van der Waals surface area contributed by atoms with Crippen molar-refractivity contribution in [2.45, 2.75) is 61.8 Å². The van der Waals surface area contributed by atoms with E-state index in [-0.39, 0.29) is 0 Å². The summed E-state index contributed by atoms with van der Waals surface area (Å²) in [6.45, 7) is 16.1. The largest absolute Gasteiger partial charge is 0.457 e. The molecule has 186 valence electrons. The molecule has 0 aliphatic rings. The van der Waals surface area contributed by atoms with Gasteiger partial charge < -0.3 is 9.47 Å². The van der Waals surface area contributed by atoms with Crippen molar-refractivity contribution >= 4 is 0 Å². The van der Waals surface area contributed by atoms with Crippen molar-refractivity contribution in [1.29, 1.82) is 0 Å². The molecule has 0 aliphatic heterocycles. The van der Waals surface area contributed by atoms with E-state index in [4.69, 9.17) is 9.47 Å². The van der Waals surface area contributed by atoms with E-state index in [1.807, 2.05) is 90.1 Å². The highest BCUT2D eigenvalue weighted by Crippen LogP contribution is 2.25. The Morgan fingerprint density at radius 2 is 0.600 bits per heavy atom. The average molecular weight is 471 g/mol. The first kappa shape index (κ1) is 29.5. The summed E-state index contributed by atoms with van der Waals surface area (Å²) in [5.74, 6) is 3.40. The van der Waals surface area contributed by atoms with Crippen LogP contribution in [0, 0.1) is 13.8 Å². The summed E-state index contributed by atoms with van der Waals surface area (Å²) in [6, 6.07) is 32.7. The smallest absolute Gasteiger partial charge is 0.127 e. The molecule has 2 heteroatoms. The van der Waals surface area contributed by atoms with E-state index in [1.165, 1.54) is 22.3 Å². The van der Waals surface area contributed by atoms with Crippen LogP contribution in [-0.2, 0) is 6.42 Å². The van der Waals surface area contributed by atoms with Gasteiger partial charge in [0.1, 0.15) is 23.0 Å². The summed E-state index contributed by atoms with van der Waals surface area (Å²) < 4.78 is 11.8. The van der Waals surface area contributed by atoms with E-state index in [0.717, 1.165) is 29.4 Å². The Hall–Kier alpha value is -3.52. The summed E-state index contributed by atoms with van der Waals surface area (Å²) in [7, 11) is 0. The zero-order valence-electron chi connectivity index (χ0n) is 22.8. The minimum Gasteiger partial charge on any atom is -0.457 e. The fourth-order valence-corrected chi connectivity index (χ4v) is 3.07. The predicted molar refractivity (Wildman–Crippen MR) is 152 cm³/mol. The molecule has 0 aliphatic carbocycles. The molecule has 0 heterocycles. The third kappa shape index (κ3) is 10.5. The minimum absolute atomic E-state index is 0.847. The predicted octanol–water partition coefficient (Wildman–Crippen LogP) is 10.6. The van der Waals surface area contributed by atoms with Crippen LogP contribution < -0.4 is 9.47 Å². The van der Waals surface area contributed by atoms with Crippen molar-refractivity contribution in [2.75, 3.05) is 0 Å². The first-order chi connectivity index (χ1) is 17.1. The Labute approximate surface area is 213 Å². The van der Waals surface area contributed by atoms with Crippen LogP contribution in [0.3, 0.4) is 0 Å². The first-order valence-corrected chi connectivity index (χ1v) is 12.8. The van der Waals surface area contributed by atoms with Gasteiger partial charge in [0, 0.05) is 0 Å². The molecule has 4 aromatic rings. The van der Waals surface area contributed by atoms with E-state index in [0.29, 0.717) is 0 Å². The number of aryl methyl sites for hydroxylation is 2. The fraction of sp³-hybridized carbons (Fsp3) is 0.273. The molecule has 0 saturated heterocycles. The maximum absolute atomic E-state index is 5.90. The lowest BCUT2D eigenvalue weighted by Crippen LogP contribution is -1.90. The minimum atomic E-state index is 0.847. The monoisotopic (exact) mass is 470 g/mol. The second kappa shape index (κ2) is 17.0. The van der Waals surface area contributed by atoms with Gasteiger partial charge in [-0.25, -0.2) is 0 Å².